The van der Waals surface area contributed by atoms with Gasteiger partial charge in [-0.05, 0) is 74.2 Å². The predicted octanol–water partition coefficient (Wildman–Crippen LogP) is 4.56. The minimum absolute atomic E-state index is 0.283. The Hall–Kier alpha value is -4.33. The molecule has 1 aliphatic rings. The second-order valence-corrected chi connectivity index (χ2v) is 9.12. The summed E-state index contributed by atoms with van der Waals surface area (Å²) in [5.41, 5.74) is 10.6. The van der Waals surface area contributed by atoms with Gasteiger partial charge >= 0.3 is 0 Å². The summed E-state index contributed by atoms with van der Waals surface area (Å²) in [4.78, 5) is 31.8. The van der Waals surface area contributed by atoms with Crippen LogP contribution < -0.4 is 20.7 Å². The van der Waals surface area contributed by atoms with Crippen molar-refractivity contribution in [2.24, 2.45) is 5.73 Å². The van der Waals surface area contributed by atoms with Crippen LogP contribution in [0.3, 0.4) is 0 Å². The fourth-order valence-corrected chi connectivity index (χ4v) is 4.50. The van der Waals surface area contributed by atoms with Gasteiger partial charge < -0.3 is 25.1 Å². The van der Waals surface area contributed by atoms with Crippen molar-refractivity contribution in [3.63, 3.8) is 0 Å². The molecule has 2 aromatic carbocycles. The number of benzene rings is 2. The zero-order valence-electron chi connectivity index (χ0n) is 20.2. The molecule has 1 saturated heterocycles. The number of ether oxygens (including phenoxy) is 1. The maximum Gasteiger partial charge on any atom is 0.255 e. The number of pyridine rings is 1. The number of nitrogens with one attached hydrogen (secondary N) is 1. The van der Waals surface area contributed by atoms with Gasteiger partial charge in [0.2, 0.25) is 5.91 Å². The molecule has 0 aliphatic carbocycles. The lowest BCUT2D eigenvalue weighted by molar-refractivity contribution is 0.0996. The molecule has 184 valence electrons. The number of piperidine rings is 1. The monoisotopic (exact) mass is 483 g/mol. The summed E-state index contributed by atoms with van der Waals surface area (Å²) in [6.45, 7) is 4.13. The number of imidazole rings is 1. The van der Waals surface area contributed by atoms with Crippen LogP contribution in [0.1, 0.15) is 51.2 Å². The largest absolute Gasteiger partial charge is 0.487 e. The molecule has 2 amide bonds. The van der Waals surface area contributed by atoms with Gasteiger partial charge in [-0.1, -0.05) is 12.1 Å². The number of anilines is 2. The number of fused-ring (bicyclic) bond motifs is 1. The molecular weight excluding hydrogens is 454 g/mol. The SMILES string of the molecule is Cc1ccc2nc(COc3cccc(C(=O)Nc4cc(C(N)=O)ccc4N4CCCCC4)c3)cn2c1. The number of rotatable bonds is 7. The van der Waals surface area contributed by atoms with Crippen molar-refractivity contribution in [3.8, 4) is 5.75 Å². The summed E-state index contributed by atoms with van der Waals surface area (Å²) in [6, 6.07) is 16.2. The van der Waals surface area contributed by atoms with Gasteiger partial charge in [-0.15, -0.1) is 0 Å². The van der Waals surface area contributed by atoms with E-state index in [4.69, 9.17) is 10.5 Å². The third-order valence-electron chi connectivity index (χ3n) is 6.36. The lowest BCUT2D eigenvalue weighted by atomic mass is 10.1. The van der Waals surface area contributed by atoms with E-state index >= 15 is 0 Å². The molecule has 8 nitrogen and oxygen atoms in total. The highest BCUT2D eigenvalue weighted by atomic mass is 16.5. The summed E-state index contributed by atoms with van der Waals surface area (Å²) in [5, 5.41) is 2.98. The molecule has 8 heteroatoms. The smallest absolute Gasteiger partial charge is 0.255 e. The molecule has 1 aliphatic heterocycles. The second kappa shape index (κ2) is 10.1. The normalized spacial score (nSPS) is 13.5. The molecule has 0 spiro atoms. The first kappa shape index (κ1) is 23.4. The molecular formula is C28H29N5O3. The zero-order valence-corrected chi connectivity index (χ0v) is 20.2. The maximum atomic E-state index is 13.2. The fourth-order valence-electron chi connectivity index (χ4n) is 4.50. The highest BCUT2D eigenvalue weighted by molar-refractivity contribution is 6.07. The highest BCUT2D eigenvalue weighted by Gasteiger charge is 2.18. The van der Waals surface area contributed by atoms with Gasteiger partial charge in [0.05, 0.1) is 17.1 Å². The maximum absolute atomic E-state index is 13.2. The van der Waals surface area contributed by atoms with Crippen molar-refractivity contribution in [3.05, 3.63) is 89.4 Å². The van der Waals surface area contributed by atoms with Gasteiger partial charge in [0.15, 0.2) is 0 Å². The average Bonchev–Trinajstić information content (AvgIpc) is 3.30. The lowest BCUT2D eigenvalue weighted by Crippen LogP contribution is -2.30. The van der Waals surface area contributed by atoms with E-state index < -0.39 is 5.91 Å². The average molecular weight is 484 g/mol. The van der Waals surface area contributed by atoms with Crippen LogP contribution in [0.2, 0.25) is 0 Å². The standard InChI is InChI=1S/C28H29N5O3/c1-19-8-11-26-30-22(17-33(26)16-19)18-36-23-7-5-6-21(14-23)28(35)31-24-15-20(27(29)34)9-10-25(24)32-12-3-2-4-13-32/h5-11,14-17H,2-4,12-13,18H2,1H3,(H2,29,34)(H,31,35). The van der Waals surface area contributed by atoms with Crippen molar-refractivity contribution < 1.29 is 14.3 Å². The van der Waals surface area contributed by atoms with Gasteiger partial charge in [-0.3, -0.25) is 9.59 Å². The summed E-state index contributed by atoms with van der Waals surface area (Å²) in [7, 11) is 0. The number of nitrogens with zero attached hydrogens (tertiary/aromatic N) is 3. The summed E-state index contributed by atoms with van der Waals surface area (Å²) in [6.07, 6.45) is 7.33. The summed E-state index contributed by atoms with van der Waals surface area (Å²) in [5.74, 6) is -0.255. The van der Waals surface area contributed by atoms with E-state index in [0.717, 1.165) is 48.5 Å². The highest BCUT2D eigenvalue weighted by Crippen LogP contribution is 2.30. The van der Waals surface area contributed by atoms with Crippen molar-refractivity contribution in [1.82, 2.24) is 9.38 Å². The van der Waals surface area contributed by atoms with E-state index in [1.54, 1.807) is 30.3 Å². The Bertz CT molecular complexity index is 1420. The molecule has 1 fully saturated rings. The Morgan fingerprint density at radius 2 is 1.83 bits per heavy atom. The number of amides is 2. The van der Waals surface area contributed by atoms with E-state index in [0.29, 0.717) is 22.6 Å². The van der Waals surface area contributed by atoms with Crippen molar-refractivity contribution in [2.75, 3.05) is 23.3 Å². The molecule has 0 saturated carbocycles. The number of carbonyl (C=O) groups excluding carboxylic acids is 2. The first-order chi connectivity index (χ1) is 17.5. The van der Waals surface area contributed by atoms with Crippen LogP contribution in [0.4, 0.5) is 11.4 Å². The topological polar surface area (TPSA) is 102 Å². The van der Waals surface area contributed by atoms with Crippen molar-refractivity contribution >= 4 is 28.8 Å². The van der Waals surface area contributed by atoms with Crippen molar-refractivity contribution in [2.45, 2.75) is 32.8 Å². The third-order valence-corrected chi connectivity index (χ3v) is 6.36. The number of aromatic nitrogens is 2. The van der Waals surface area contributed by atoms with Gasteiger partial charge in [-0.25, -0.2) is 4.98 Å². The van der Waals surface area contributed by atoms with E-state index in [2.05, 4.69) is 15.2 Å². The molecule has 36 heavy (non-hydrogen) atoms. The minimum atomic E-state index is -0.534. The zero-order chi connectivity index (χ0) is 25.1. The number of carbonyl (C=O) groups is 2. The Morgan fingerprint density at radius 3 is 2.64 bits per heavy atom. The summed E-state index contributed by atoms with van der Waals surface area (Å²) >= 11 is 0. The van der Waals surface area contributed by atoms with E-state index in [-0.39, 0.29) is 12.5 Å². The van der Waals surface area contributed by atoms with Crippen molar-refractivity contribution in [1.29, 1.82) is 0 Å². The second-order valence-electron chi connectivity index (χ2n) is 9.12. The Labute approximate surface area is 209 Å². The van der Waals surface area contributed by atoms with E-state index in [1.807, 2.05) is 48.0 Å². The summed E-state index contributed by atoms with van der Waals surface area (Å²) < 4.78 is 7.91. The quantitative estimate of drug-likeness (QED) is 0.401. The van der Waals surface area contributed by atoms with Crippen LogP contribution in [0, 0.1) is 6.92 Å². The Morgan fingerprint density at radius 1 is 1.00 bits per heavy atom. The van der Waals surface area contributed by atoms with Crippen LogP contribution >= 0.6 is 0 Å². The van der Waals surface area contributed by atoms with Crippen LogP contribution in [-0.2, 0) is 6.61 Å². The van der Waals surface area contributed by atoms with E-state index in [1.165, 1.54) is 6.42 Å². The molecule has 3 heterocycles. The van der Waals surface area contributed by atoms with Gasteiger partial charge in [0.1, 0.15) is 18.0 Å². The lowest BCUT2D eigenvalue weighted by Gasteiger charge is -2.30. The molecule has 0 radical (unpaired) electrons. The van der Waals surface area contributed by atoms with Gasteiger partial charge in [0.25, 0.3) is 5.91 Å². The van der Waals surface area contributed by atoms with Crippen LogP contribution in [0.15, 0.2) is 67.0 Å². The van der Waals surface area contributed by atoms with E-state index in [9.17, 15) is 9.59 Å². The molecule has 0 atom stereocenters. The number of aryl methyl sites for hydroxylation is 1. The first-order valence-electron chi connectivity index (χ1n) is 12.1. The molecule has 5 rings (SSSR count). The fraction of sp³-hybridized carbons (Fsp3) is 0.250. The number of primary amides is 1. The first-order valence-corrected chi connectivity index (χ1v) is 12.1. The Kier molecular flexibility index (Phi) is 6.58. The van der Waals surface area contributed by atoms with Crippen LogP contribution in [0.5, 0.6) is 5.75 Å². The number of hydrogen-bond donors (Lipinski definition) is 2. The molecule has 2 aromatic heterocycles. The Balaban J connectivity index is 1.32. The van der Waals surface area contributed by atoms with Crippen LogP contribution in [-0.4, -0.2) is 34.3 Å². The number of hydrogen-bond acceptors (Lipinski definition) is 5. The predicted molar refractivity (Wildman–Crippen MR) is 140 cm³/mol. The van der Waals surface area contributed by atoms with Gasteiger partial charge in [-0.2, -0.15) is 0 Å². The minimum Gasteiger partial charge on any atom is -0.487 e. The third kappa shape index (κ3) is 5.17. The molecule has 3 N–H and O–H groups in total. The number of nitrogens with two attached hydrogens (primary N) is 1. The van der Waals surface area contributed by atoms with Gasteiger partial charge in [0, 0.05) is 36.6 Å². The van der Waals surface area contributed by atoms with Crippen LogP contribution in [0.25, 0.3) is 5.65 Å². The molecule has 4 aromatic rings. The molecule has 0 bridgehead atoms. The molecule has 0 unspecified atom stereocenters.